The van der Waals surface area contributed by atoms with Gasteiger partial charge in [0.25, 0.3) is 0 Å². The van der Waals surface area contributed by atoms with Crippen molar-refractivity contribution in [3.63, 3.8) is 0 Å². The topological polar surface area (TPSA) is 0 Å². The van der Waals surface area contributed by atoms with E-state index in [4.69, 9.17) is 12.8 Å². The summed E-state index contributed by atoms with van der Waals surface area (Å²) in [6.07, 6.45) is 11.9. The summed E-state index contributed by atoms with van der Waals surface area (Å²) in [6, 6.07) is 3.99. The number of benzene rings is 1. The van der Waals surface area contributed by atoms with Gasteiger partial charge in [0, 0.05) is 22.3 Å². The Labute approximate surface area is 214 Å². The normalized spacial score (nSPS) is 12.0. The van der Waals surface area contributed by atoms with E-state index in [0.29, 0.717) is 33.2 Å². The van der Waals surface area contributed by atoms with Gasteiger partial charge < -0.3 is 0 Å². The summed E-state index contributed by atoms with van der Waals surface area (Å²) in [7, 11) is -3.74. The van der Waals surface area contributed by atoms with Gasteiger partial charge in [0.2, 0.25) is 0 Å². The smallest absolute Gasteiger partial charge is 0.125 e. The fourth-order valence-electron chi connectivity index (χ4n) is 6.26. The molecule has 2 heteroatoms. The predicted octanol–water partition coefficient (Wildman–Crippen LogP) is 8.79. The first-order chi connectivity index (χ1) is 15.7. The Balaban J connectivity index is 3.79. The van der Waals surface area contributed by atoms with Gasteiger partial charge in [-0.2, -0.15) is 0 Å². The number of hydrogen-bond donors (Lipinski definition) is 0. The molecule has 0 heterocycles. The first-order valence-electron chi connectivity index (χ1n) is 12.9. The highest BCUT2D eigenvalue weighted by Gasteiger charge is 2.42. The Morgan fingerprint density at radius 2 is 0.706 bits per heavy atom. The molecule has 1 rings (SSSR count). The first kappa shape index (κ1) is 29.9. The second-order valence-corrected chi connectivity index (χ2v) is 22.7. The van der Waals surface area contributed by atoms with Gasteiger partial charge in [-0.15, -0.1) is 23.9 Å². The highest BCUT2D eigenvalue weighted by Crippen LogP contribution is 2.42. The summed E-state index contributed by atoms with van der Waals surface area (Å²) in [5.74, 6) is 12.8. The molecule has 1 aromatic carbocycles. The van der Waals surface area contributed by atoms with E-state index >= 15 is 0 Å². The van der Waals surface area contributed by atoms with E-state index in [0.717, 1.165) is 22.3 Å². The van der Waals surface area contributed by atoms with E-state index in [-0.39, 0.29) is 0 Å². The van der Waals surface area contributed by atoms with Gasteiger partial charge in [0.05, 0.1) is 0 Å². The summed E-state index contributed by atoms with van der Waals surface area (Å²) in [6.45, 7) is 27.9. The Morgan fingerprint density at radius 3 is 0.882 bits per heavy atom. The number of rotatable bonds is 6. The van der Waals surface area contributed by atoms with Crippen LogP contribution < -0.4 is 0 Å². The molecule has 0 aliphatic heterocycles. The van der Waals surface area contributed by atoms with Crippen LogP contribution in [0.1, 0.15) is 105 Å². The van der Waals surface area contributed by atoms with Crippen LogP contribution in [0.3, 0.4) is 0 Å². The highest BCUT2D eigenvalue weighted by molar-refractivity contribution is 6.91. The van der Waals surface area contributed by atoms with Crippen LogP contribution in [0.4, 0.5) is 0 Å². The van der Waals surface area contributed by atoms with Gasteiger partial charge in [-0.25, -0.2) is 0 Å². The molecule has 0 aliphatic carbocycles. The molecule has 0 fully saturated rings. The molecule has 0 amide bonds. The summed E-state index contributed by atoms with van der Waals surface area (Å²) in [4.78, 5) is 0. The highest BCUT2D eigenvalue weighted by atomic mass is 28.3. The third kappa shape index (κ3) is 5.75. The zero-order chi connectivity index (χ0) is 26.4. The molecule has 0 saturated carbocycles. The predicted molar refractivity (Wildman–Crippen MR) is 158 cm³/mol. The van der Waals surface area contributed by atoms with Crippen LogP contribution in [0.15, 0.2) is 12.1 Å². The van der Waals surface area contributed by atoms with Crippen LogP contribution in [-0.4, -0.2) is 16.1 Å². The molecule has 0 atom stereocenters. The molecule has 0 aliphatic rings. The first-order valence-corrected chi connectivity index (χ1v) is 17.4. The van der Waals surface area contributed by atoms with Gasteiger partial charge in [-0.05, 0) is 45.4 Å². The molecule has 182 valence electrons. The van der Waals surface area contributed by atoms with Crippen LogP contribution in [-0.2, 0) is 0 Å². The SMILES string of the molecule is C#Cc1cc(C#C[Si](C(C)C)(C(C)C)C(C)C)c(C#C)cc1C#C[Si](C(C)C)(C(C)C)C(C)C. The van der Waals surface area contributed by atoms with Gasteiger partial charge >= 0.3 is 0 Å². The average Bonchev–Trinajstić information content (AvgIpc) is 2.73. The Morgan fingerprint density at radius 1 is 0.471 bits per heavy atom. The van der Waals surface area contributed by atoms with Crippen LogP contribution >= 0.6 is 0 Å². The molecule has 0 radical (unpaired) electrons. The molecule has 0 bridgehead atoms. The maximum atomic E-state index is 5.96. The molecule has 0 saturated heterocycles. The average molecular weight is 487 g/mol. The minimum Gasteiger partial charge on any atom is -0.125 e. The summed E-state index contributed by atoms with van der Waals surface area (Å²) in [5, 5.41) is 0. The maximum Gasteiger partial charge on any atom is 0.146 e. The van der Waals surface area contributed by atoms with Crippen molar-refractivity contribution >= 4 is 16.1 Å². The molecular weight excluding hydrogens is 441 g/mol. The van der Waals surface area contributed by atoms with Crippen molar-refractivity contribution in [3.05, 3.63) is 34.4 Å². The van der Waals surface area contributed by atoms with Crippen LogP contribution in [0.2, 0.25) is 33.2 Å². The molecule has 0 spiro atoms. The minimum absolute atomic E-state index is 0.563. The lowest BCUT2D eigenvalue weighted by atomic mass is 9.99. The Kier molecular flexibility index (Phi) is 10.6. The zero-order valence-corrected chi connectivity index (χ0v) is 25.8. The van der Waals surface area contributed by atoms with Crippen LogP contribution in [0.25, 0.3) is 0 Å². The van der Waals surface area contributed by atoms with Gasteiger partial charge in [-0.1, -0.05) is 107 Å². The third-order valence-corrected chi connectivity index (χ3v) is 20.6. The zero-order valence-electron chi connectivity index (χ0n) is 23.8. The monoisotopic (exact) mass is 486 g/mol. The van der Waals surface area contributed by atoms with Gasteiger partial charge in [-0.3, -0.25) is 0 Å². The lowest BCUT2D eigenvalue weighted by Gasteiger charge is -2.38. The molecule has 0 nitrogen and oxygen atoms in total. The quantitative estimate of drug-likeness (QED) is 0.278. The molecular formula is C32H46Si2. The van der Waals surface area contributed by atoms with Crippen molar-refractivity contribution in [3.8, 4) is 47.6 Å². The van der Waals surface area contributed by atoms with Crippen molar-refractivity contribution < 1.29 is 0 Å². The van der Waals surface area contributed by atoms with E-state index < -0.39 is 16.1 Å². The molecule has 0 aromatic heterocycles. The van der Waals surface area contributed by atoms with Gasteiger partial charge in [0.1, 0.15) is 16.1 Å². The fourth-order valence-corrected chi connectivity index (χ4v) is 16.7. The van der Waals surface area contributed by atoms with Crippen molar-refractivity contribution in [2.75, 3.05) is 0 Å². The van der Waals surface area contributed by atoms with E-state index in [1.807, 2.05) is 12.1 Å². The second kappa shape index (κ2) is 12.0. The number of hydrogen-bond acceptors (Lipinski definition) is 0. The van der Waals surface area contributed by atoms with Crippen molar-refractivity contribution in [2.24, 2.45) is 0 Å². The Bertz CT molecular complexity index is 929. The maximum absolute atomic E-state index is 5.96. The van der Waals surface area contributed by atoms with Crippen molar-refractivity contribution in [2.45, 2.75) is 116 Å². The summed E-state index contributed by atoms with van der Waals surface area (Å²) in [5.41, 5.74) is 14.3. The molecule has 1 aromatic rings. The van der Waals surface area contributed by atoms with E-state index in [2.05, 4.69) is 118 Å². The largest absolute Gasteiger partial charge is 0.146 e. The molecule has 0 N–H and O–H groups in total. The fraction of sp³-hybridized carbons (Fsp3) is 0.562. The van der Waals surface area contributed by atoms with E-state index in [9.17, 15) is 0 Å². The van der Waals surface area contributed by atoms with Crippen molar-refractivity contribution in [1.29, 1.82) is 0 Å². The second-order valence-electron chi connectivity index (χ2n) is 11.5. The van der Waals surface area contributed by atoms with E-state index in [1.54, 1.807) is 0 Å². The standard InChI is InChI=1S/C32H46Si2/c1-15-29-21-32(18-20-34(26(9)10,27(11)12)28(13)14)30(16-2)22-31(29)17-19-33(23(3)4,24(5)6)25(7)8/h1-2,21-28H,3-14H3. The summed E-state index contributed by atoms with van der Waals surface area (Å²) >= 11 is 0. The van der Waals surface area contributed by atoms with Gasteiger partial charge in [0.15, 0.2) is 0 Å². The number of terminal acetylenes is 2. The third-order valence-electron chi connectivity index (χ3n) is 8.03. The lowest BCUT2D eigenvalue weighted by molar-refractivity contribution is 0.838. The molecule has 34 heavy (non-hydrogen) atoms. The van der Waals surface area contributed by atoms with Crippen LogP contribution in [0, 0.1) is 47.6 Å². The van der Waals surface area contributed by atoms with Crippen molar-refractivity contribution in [1.82, 2.24) is 0 Å². The lowest BCUT2D eigenvalue weighted by Crippen LogP contribution is -2.43. The van der Waals surface area contributed by atoms with E-state index in [1.165, 1.54) is 0 Å². The molecule has 0 unspecified atom stereocenters. The van der Waals surface area contributed by atoms with Crippen LogP contribution in [0.5, 0.6) is 0 Å². The Hall–Kier alpha value is -2.11. The minimum atomic E-state index is -1.87. The summed E-state index contributed by atoms with van der Waals surface area (Å²) < 4.78 is 0.